The van der Waals surface area contributed by atoms with E-state index in [1.54, 1.807) is 0 Å². The van der Waals surface area contributed by atoms with Gasteiger partial charge in [0.1, 0.15) is 5.75 Å². The summed E-state index contributed by atoms with van der Waals surface area (Å²) in [6.07, 6.45) is 3.36. The molecule has 1 aromatic carbocycles. The van der Waals surface area contributed by atoms with E-state index in [4.69, 9.17) is 9.47 Å². The fourth-order valence-electron chi connectivity index (χ4n) is 3.08. The molecule has 7 nitrogen and oxygen atoms in total. The lowest BCUT2D eigenvalue weighted by molar-refractivity contribution is -0.141. The molecule has 30 heavy (non-hydrogen) atoms. The van der Waals surface area contributed by atoms with Gasteiger partial charge in [-0.05, 0) is 42.2 Å². The van der Waals surface area contributed by atoms with Gasteiger partial charge in [-0.3, -0.25) is 24.7 Å². The van der Waals surface area contributed by atoms with Crippen molar-refractivity contribution in [1.82, 2.24) is 10.3 Å². The first-order valence-electron chi connectivity index (χ1n) is 9.73. The molecule has 1 aromatic heterocycles. The summed E-state index contributed by atoms with van der Waals surface area (Å²) >= 11 is 1.01. The number of carbonyl (C=O) groups excluding carboxylic acids is 3. The van der Waals surface area contributed by atoms with Gasteiger partial charge in [0.15, 0.2) is 0 Å². The van der Waals surface area contributed by atoms with Crippen LogP contribution in [-0.4, -0.2) is 41.1 Å². The standard InChI is InChI=1S/C22H24N2O5S/c1-3-14-6-9-18(23-12-14)16(11-20(25)28-2)13-29-17-7-4-15(5-8-17)10-19-21(26)24-22(27)30-19/h4-9,12,16,19H,3,10-11,13H2,1-2H3,(H,24,26,27)/t16-,19?/m0/s1. The van der Waals surface area contributed by atoms with Crippen LogP contribution in [0.5, 0.6) is 5.75 Å². The Kier molecular flexibility index (Phi) is 7.46. The smallest absolute Gasteiger partial charge is 0.306 e. The van der Waals surface area contributed by atoms with Gasteiger partial charge in [0.05, 0.1) is 25.4 Å². The summed E-state index contributed by atoms with van der Waals surface area (Å²) in [5.74, 6) is -0.147. The molecule has 1 N–H and O–H groups in total. The van der Waals surface area contributed by atoms with E-state index in [0.717, 1.165) is 35.0 Å². The van der Waals surface area contributed by atoms with Crippen molar-refractivity contribution in [2.75, 3.05) is 13.7 Å². The third kappa shape index (κ3) is 5.82. The van der Waals surface area contributed by atoms with Crippen molar-refractivity contribution in [3.63, 3.8) is 0 Å². The third-order valence-electron chi connectivity index (χ3n) is 4.88. The van der Waals surface area contributed by atoms with E-state index in [1.807, 2.05) is 42.6 Å². The third-order valence-corrected chi connectivity index (χ3v) is 5.86. The highest BCUT2D eigenvalue weighted by molar-refractivity contribution is 8.15. The number of amides is 2. The normalized spacial score (nSPS) is 16.8. The quantitative estimate of drug-likeness (QED) is 0.613. The highest BCUT2D eigenvalue weighted by Gasteiger charge is 2.31. The molecule has 1 fully saturated rings. The van der Waals surface area contributed by atoms with Crippen LogP contribution in [0.25, 0.3) is 0 Å². The molecule has 0 aliphatic carbocycles. The zero-order valence-electron chi connectivity index (χ0n) is 16.9. The van der Waals surface area contributed by atoms with Crippen LogP contribution in [0.3, 0.4) is 0 Å². The number of esters is 1. The maximum absolute atomic E-state index is 11.8. The molecule has 3 rings (SSSR count). The maximum atomic E-state index is 11.8. The Labute approximate surface area is 179 Å². The summed E-state index contributed by atoms with van der Waals surface area (Å²) in [6, 6.07) is 11.3. The molecule has 1 unspecified atom stereocenters. The number of imide groups is 1. The van der Waals surface area contributed by atoms with Crippen LogP contribution in [0.15, 0.2) is 42.6 Å². The fourth-order valence-corrected chi connectivity index (χ4v) is 3.94. The van der Waals surface area contributed by atoms with Gasteiger partial charge in [-0.25, -0.2) is 0 Å². The summed E-state index contributed by atoms with van der Waals surface area (Å²) in [5.41, 5.74) is 2.85. The number of nitrogens with zero attached hydrogens (tertiary/aromatic N) is 1. The Balaban J connectivity index is 1.62. The van der Waals surface area contributed by atoms with Gasteiger partial charge < -0.3 is 9.47 Å². The van der Waals surface area contributed by atoms with Crippen LogP contribution in [0.2, 0.25) is 0 Å². The Morgan fingerprint density at radius 2 is 1.90 bits per heavy atom. The Bertz CT molecular complexity index is 899. The average Bonchev–Trinajstić information content (AvgIpc) is 3.08. The summed E-state index contributed by atoms with van der Waals surface area (Å²) in [6.45, 7) is 2.34. The van der Waals surface area contributed by atoms with E-state index in [-0.39, 0.29) is 36.1 Å². The van der Waals surface area contributed by atoms with Crippen LogP contribution >= 0.6 is 11.8 Å². The van der Waals surface area contributed by atoms with Crippen molar-refractivity contribution in [3.05, 3.63) is 59.4 Å². The lowest BCUT2D eigenvalue weighted by atomic mass is 10.0. The van der Waals surface area contributed by atoms with Crippen molar-refractivity contribution in [2.24, 2.45) is 0 Å². The van der Waals surface area contributed by atoms with Gasteiger partial charge in [-0.15, -0.1) is 0 Å². The van der Waals surface area contributed by atoms with Crippen LogP contribution < -0.4 is 10.1 Å². The lowest BCUT2D eigenvalue weighted by Gasteiger charge is -2.17. The Morgan fingerprint density at radius 3 is 2.47 bits per heavy atom. The van der Waals surface area contributed by atoms with E-state index >= 15 is 0 Å². The van der Waals surface area contributed by atoms with Crippen LogP contribution in [-0.2, 0) is 27.2 Å². The highest BCUT2D eigenvalue weighted by Crippen LogP contribution is 2.25. The SMILES string of the molecule is CCc1ccc([C@H](COc2ccc(CC3SC(=O)NC3=O)cc2)CC(=O)OC)nc1. The number of nitrogens with one attached hydrogen (secondary N) is 1. The molecule has 0 spiro atoms. The monoisotopic (exact) mass is 428 g/mol. The number of methoxy groups -OCH3 is 1. The molecule has 1 saturated heterocycles. The zero-order valence-corrected chi connectivity index (χ0v) is 17.7. The summed E-state index contributed by atoms with van der Waals surface area (Å²) < 4.78 is 10.7. The van der Waals surface area contributed by atoms with Gasteiger partial charge in [-0.2, -0.15) is 0 Å². The zero-order chi connectivity index (χ0) is 21.5. The number of hydrogen-bond donors (Lipinski definition) is 1. The number of benzene rings is 1. The van der Waals surface area contributed by atoms with Gasteiger partial charge >= 0.3 is 5.97 Å². The maximum Gasteiger partial charge on any atom is 0.306 e. The van der Waals surface area contributed by atoms with Crippen molar-refractivity contribution >= 4 is 28.9 Å². The first kappa shape index (κ1) is 21.8. The lowest BCUT2D eigenvalue weighted by Crippen LogP contribution is -2.25. The van der Waals surface area contributed by atoms with E-state index in [9.17, 15) is 14.4 Å². The molecule has 0 bridgehead atoms. The van der Waals surface area contributed by atoms with E-state index in [1.165, 1.54) is 7.11 Å². The Hall–Kier alpha value is -2.87. The average molecular weight is 429 g/mol. The first-order valence-corrected chi connectivity index (χ1v) is 10.6. The van der Waals surface area contributed by atoms with Crippen LogP contribution in [0, 0.1) is 0 Å². The minimum Gasteiger partial charge on any atom is -0.493 e. The molecule has 2 aromatic rings. The largest absolute Gasteiger partial charge is 0.493 e. The summed E-state index contributed by atoms with van der Waals surface area (Å²) in [5, 5.41) is 1.59. The number of aryl methyl sites for hydroxylation is 1. The van der Waals surface area contributed by atoms with Crippen molar-refractivity contribution in [3.8, 4) is 5.75 Å². The molecule has 0 radical (unpaired) electrons. The van der Waals surface area contributed by atoms with Gasteiger partial charge in [0, 0.05) is 17.8 Å². The number of aromatic nitrogens is 1. The molecule has 2 amide bonds. The van der Waals surface area contributed by atoms with Gasteiger partial charge in [-0.1, -0.05) is 36.9 Å². The topological polar surface area (TPSA) is 94.6 Å². The second kappa shape index (κ2) is 10.2. The predicted octanol–water partition coefficient (Wildman–Crippen LogP) is 3.26. The number of pyridine rings is 1. The molecular formula is C22H24N2O5S. The van der Waals surface area contributed by atoms with Gasteiger partial charge in [0.2, 0.25) is 5.91 Å². The molecule has 1 aliphatic rings. The Morgan fingerprint density at radius 1 is 1.17 bits per heavy atom. The second-order valence-corrected chi connectivity index (χ2v) is 8.14. The molecule has 158 valence electrons. The van der Waals surface area contributed by atoms with Crippen molar-refractivity contribution < 1.29 is 23.9 Å². The van der Waals surface area contributed by atoms with Crippen molar-refractivity contribution in [2.45, 2.75) is 37.4 Å². The second-order valence-electron chi connectivity index (χ2n) is 6.96. The van der Waals surface area contributed by atoms with E-state index in [2.05, 4.69) is 17.2 Å². The first-order chi connectivity index (χ1) is 14.5. The highest BCUT2D eigenvalue weighted by atomic mass is 32.2. The molecule has 0 saturated carbocycles. The number of ether oxygens (including phenoxy) is 2. The number of rotatable bonds is 9. The molecule has 2 heterocycles. The van der Waals surface area contributed by atoms with Crippen LogP contribution in [0.1, 0.15) is 36.1 Å². The minimum absolute atomic E-state index is 0.176. The minimum atomic E-state index is -0.397. The summed E-state index contributed by atoms with van der Waals surface area (Å²) in [7, 11) is 1.36. The fraction of sp³-hybridized carbons (Fsp3) is 0.364. The predicted molar refractivity (Wildman–Crippen MR) is 114 cm³/mol. The summed E-state index contributed by atoms with van der Waals surface area (Å²) in [4.78, 5) is 39.3. The number of thioether (sulfide) groups is 1. The van der Waals surface area contributed by atoms with Gasteiger partial charge in [0.25, 0.3) is 5.24 Å². The molecule has 8 heteroatoms. The van der Waals surface area contributed by atoms with Crippen LogP contribution in [0.4, 0.5) is 4.79 Å². The molecule has 2 atom stereocenters. The number of hydrogen-bond acceptors (Lipinski definition) is 7. The molecule has 1 aliphatic heterocycles. The van der Waals surface area contributed by atoms with E-state index < -0.39 is 5.25 Å². The molecular weight excluding hydrogens is 404 g/mol. The van der Waals surface area contributed by atoms with Crippen molar-refractivity contribution in [1.29, 1.82) is 0 Å². The number of carbonyl (C=O) groups is 3. The van der Waals surface area contributed by atoms with E-state index in [0.29, 0.717) is 12.2 Å².